The van der Waals surface area contributed by atoms with Gasteiger partial charge in [0.1, 0.15) is 18.5 Å². The van der Waals surface area contributed by atoms with Crippen LogP contribution in [0.2, 0.25) is 0 Å². The molecule has 0 aliphatic carbocycles. The van der Waals surface area contributed by atoms with Gasteiger partial charge in [0.25, 0.3) is 0 Å². The fraction of sp³-hybridized carbons (Fsp3) is 0.400. The van der Waals surface area contributed by atoms with Gasteiger partial charge in [-0.2, -0.15) is 0 Å². The first-order chi connectivity index (χ1) is 13.6. The van der Waals surface area contributed by atoms with Crippen LogP contribution >= 0.6 is 15.9 Å². The molecular formula is C20H24BrNO6. The van der Waals surface area contributed by atoms with E-state index in [4.69, 9.17) is 23.7 Å². The van der Waals surface area contributed by atoms with Crippen LogP contribution in [0.15, 0.2) is 34.8 Å². The van der Waals surface area contributed by atoms with Crippen LogP contribution < -0.4 is 29.0 Å². The molecule has 8 heteroatoms. The van der Waals surface area contributed by atoms with E-state index in [-0.39, 0.29) is 13.4 Å². The molecule has 1 unspecified atom stereocenters. The zero-order valence-electron chi connectivity index (χ0n) is 15.9. The number of aliphatic hydroxyl groups excluding tert-OH is 1. The summed E-state index contributed by atoms with van der Waals surface area (Å²) >= 11 is 3.43. The van der Waals surface area contributed by atoms with E-state index in [1.165, 1.54) is 0 Å². The van der Waals surface area contributed by atoms with Crippen LogP contribution in [0, 0.1) is 0 Å². The van der Waals surface area contributed by atoms with Gasteiger partial charge in [-0.25, -0.2) is 0 Å². The lowest BCUT2D eigenvalue weighted by molar-refractivity contribution is 0.106. The average Bonchev–Trinajstić information content (AvgIpc) is 3.16. The van der Waals surface area contributed by atoms with Crippen molar-refractivity contribution >= 4 is 15.9 Å². The summed E-state index contributed by atoms with van der Waals surface area (Å²) in [5.74, 6) is 3.34. The molecule has 152 valence electrons. The third kappa shape index (κ3) is 5.21. The molecule has 2 N–H and O–H groups in total. The SMILES string of the molecule is COc1ccc(CCNCC(O)COc2cc3c(cc2Br)OCO3)cc1OC. The summed E-state index contributed by atoms with van der Waals surface area (Å²) in [4.78, 5) is 0. The van der Waals surface area contributed by atoms with E-state index in [9.17, 15) is 5.11 Å². The van der Waals surface area contributed by atoms with Crippen molar-refractivity contribution in [3.05, 3.63) is 40.4 Å². The van der Waals surface area contributed by atoms with Crippen LogP contribution in [0.5, 0.6) is 28.7 Å². The van der Waals surface area contributed by atoms with Crippen molar-refractivity contribution in [2.24, 2.45) is 0 Å². The van der Waals surface area contributed by atoms with Crippen LogP contribution in [0.4, 0.5) is 0 Å². The summed E-state index contributed by atoms with van der Waals surface area (Å²) in [5.41, 5.74) is 1.13. The number of ether oxygens (including phenoxy) is 5. The third-order valence-electron chi connectivity index (χ3n) is 4.28. The van der Waals surface area contributed by atoms with Gasteiger partial charge in [0, 0.05) is 18.7 Å². The lowest BCUT2D eigenvalue weighted by Crippen LogP contribution is -2.32. The Balaban J connectivity index is 1.40. The van der Waals surface area contributed by atoms with Crippen molar-refractivity contribution in [3.8, 4) is 28.7 Å². The number of rotatable bonds is 10. The summed E-state index contributed by atoms with van der Waals surface area (Å²) in [6.45, 7) is 1.52. The summed E-state index contributed by atoms with van der Waals surface area (Å²) < 4.78 is 27.6. The Morgan fingerprint density at radius 1 is 1.07 bits per heavy atom. The largest absolute Gasteiger partial charge is 0.493 e. The number of nitrogens with one attached hydrogen (secondary N) is 1. The number of fused-ring (bicyclic) bond motifs is 1. The molecular weight excluding hydrogens is 430 g/mol. The molecule has 7 nitrogen and oxygen atoms in total. The highest BCUT2D eigenvalue weighted by Gasteiger charge is 2.17. The zero-order chi connectivity index (χ0) is 19.9. The molecule has 0 spiro atoms. The Morgan fingerprint density at radius 2 is 1.82 bits per heavy atom. The van der Waals surface area contributed by atoms with Crippen LogP contribution in [0.25, 0.3) is 0 Å². The van der Waals surface area contributed by atoms with Crippen molar-refractivity contribution in [3.63, 3.8) is 0 Å². The fourth-order valence-corrected chi connectivity index (χ4v) is 3.23. The Labute approximate surface area is 172 Å². The maximum absolute atomic E-state index is 10.1. The maximum atomic E-state index is 10.1. The number of hydrogen-bond donors (Lipinski definition) is 2. The smallest absolute Gasteiger partial charge is 0.231 e. The van der Waals surface area contributed by atoms with Crippen molar-refractivity contribution in [2.75, 3.05) is 40.7 Å². The van der Waals surface area contributed by atoms with Gasteiger partial charge < -0.3 is 34.1 Å². The van der Waals surface area contributed by atoms with E-state index in [0.717, 1.165) is 23.0 Å². The predicted octanol–water partition coefficient (Wildman–Crippen LogP) is 2.77. The molecule has 2 aromatic carbocycles. The molecule has 0 amide bonds. The van der Waals surface area contributed by atoms with Crippen molar-refractivity contribution in [1.29, 1.82) is 0 Å². The number of aliphatic hydroxyl groups is 1. The highest BCUT2D eigenvalue weighted by Crippen LogP contribution is 2.40. The van der Waals surface area contributed by atoms with Crippen LogP contribution in [0.3, 0.4) is 0 Å². The summed E-state index contributed by atoms with van der Waals surface area (Å²) in [7, 11) is 3.24. The molecule has 0 radical (unpaired) electrons. The minimum Gasteiger partial charge on any atom is -0.493 e. The fourth-order valence-electron chi connectivity index (χ4n) is 2.79. The van der Waals surface area contributed by atoms with Crippen molar-refractivity contribution in [2.45, 2.75) is 12.5 Å². The van der Waals surface area contributed by atoms with Crippen molar-refractivity contribution < 1.29 is 28.8 Å². The summed E-state index contributed by atoms with van der Waals surface area (Å²) in [6, 6.07) is 9.39. The first kappa shape index (κ1) is 20.6. The van der Waals surface area contributed by atoms with E-state index >= 15 is 0 Å². The standard InChI is InChI=1S/C20H24BrNO6/c1-24-16-4-3-13(7-18(16)25-2)5-6-22-10-14(23)11-26-17-9-20-19(8-15(17)21)27-12-28-20/h3-4,7-9,14,22-23H,5-6,10-12H2,1-2H3. The second-order valence-electron chi connectivity index (χ2n) is 6.24. The van der Waals surface area contributed by atoms with Gasteiger partial charge in [0.05, 0.1) is 18.7 Å². The second kappa shape index (κ2) is 9.86. The van der Waals surface area contributed by atoms with Gasteiger partial charge in [-0.05, 0) is 46.6 Å². The van der Waals surface area contributed by atoms with E-state index in [1.807, 2.05) is 18.2 Å². The van der Waals surface area contributed by atoms with Gasteiger partial charge in [0.2, 0.25) is 6.79 Å². The molecule has 1 heterocycles. The highest BCUT2D eigenvalue weighted by molar-refractivity contribution is 9.10. The Bertz CT molecular complexity index is 801. The number of methoxy groups -OCH3 is 2. The Morgan fingerprint density at radius 3 is 2.57 bits per heavy atom. The van der Waals surface area contributed by atoms with Gasteiger partial charge in [0.15, 0.2) is 23.0 Å². The molecule has 0 fully saturated rings. The lowest BCUT2D eigenvalue weighted by atomic mass is 10.1. The van der Waals surface area contributed by atoms with Crippen LogP contribution in [-0.4, -0.2) is 51.9 Å². The molecule has 1 atom stereocenters. The molecule has 3 rings (SSSR count). The zero-order valence-corrected chi connectivity index (χ0v) is 17.5. The molecule has 0 saturated carbocycles. The summed E-state index contributed by atoms with van der Waals surface area (Å²) in [6.07, 6.45) is 0.171. The molecule has 0 aromatic heterocycles. The van der Waals surface area contributed by atoms with Crippen LogP contribution in [0.1, 0.15) is 5.56 Å². The van der Waals surface area contributed by atoms with Gasteiger partial charge >= 0.3 is 0 Å². The number of halogens is 1. The summed E-state index contributed by atoms with van der Waals surface area (Å²) in [5, 5.41) is 13.4. The van der Waals surface area contributed by atoms with Gasteiger partial charge in [-0.1, -0.05) is 6.07 Å². The highest BCUT2D eigenvalue weighted by atomic mass is 79.9. The number of hydrogen-bond acceptors (Lipinski definition) is 7. The minimum atomic E-state index is -0.636. The topological polar surface area (TPSA) is 78.4 Å². The molecule has 0 saturated heterocycles. The van der Waals surface area contributed by atoms with Crippen molar-refractivity contribution in [1.82, 2.24) is 5.32 Å². The average molecular weight is 454 g/mol. The van der Waals surface area contributed by atoms with E-state index in [0.29, 0.717) is 35.3 Å². The molecule has 0 bridgehead atoms. The predicted molar refractivity (Wildman–Crippen MR) is 108 cm³/mol. The first-order valence-corrected chi connectivity index (χ1v) is 9.71. The normalized spacial score (nSPS) is 13.3. The molecule has 2 aromatic rings. The molecule has 1 aliphatic rings. The second-order valence-corrected chi connectivity index (χ2v) is 7.10. The van der Waals surface area contributed by atoms with Crippen LogP contribution in [-0.2, 0) is 6.42 Å². The van der Waals surface area contributed by atoms with Gasteiger partial charge in [-0.3, -0.25) is 0 Å². The Hall–Kier alpha value is -2.16. The third-order valence-corrected chi connectivity index (χ3v) is 4.90. The molecule has 28 heavy (non-hydrogen) atoms. The maximum Gasteiger partial charge on any atom is 0.231 e. The first-order valence-electron chi connectivity index (χ1n) is 8.92. The quantitative estimate of drug-likeness (QED) is 0.535. The van der Waals surface area contributed by atoms with E-state index in [2.05, 4.69) is 21.2 Å². The van der Waals surface area contributed by atoms with Gasteiger partial charge in [-0.15, -0.1) is 0 Å². The molecule has 1 aliphatic heterocycles. The lowest BCUT2D eigenvalue weighted by Gasteiger charge is -2.15. The minimum absolute atomic E-state index is 0.168. The number of benzene rings is 2. The Kier molecular flexibility index (Phi) is 7.24. The monoisotopic (exact) mass is 453 g/mol. The van der Waals surface area contributed by atoms with E-state index in [1.54, 1.807) is 26.4 Å². The van der Waals surface area contributed by atoms with E-state index < -0.39 is 6.10 Å².